The number of nitro groups is 1. The molecule has 1 aromatic heterocycles. The van der Waals surface area contributed by atoms with E-state index in [0.29, 0.717) is 19.2 Å². The number of ether oxygens (including phenoxy) is 2. The Morgan fingerprint density at radius 1 is 1.50 bits per heavy atom. The Labute approximate surface area is 105 Å². The molecule has 0 aliphatic carbocycles. The topological polar surface area (TPSA) is 86.5 Å². The molecule has 0 aromatic carbocycles. The van der Waals surface area contributed by atoms with Crippen molar-refractivity contribution >= 4 is 5.69 Å². The normalized spacial score (nSPS) is 10.4. The van der Waals surface area contributed by atoms with E-state index in [2.05, 4.69) is 10.3 Å². The van der Waals surface area contributed by atoms with Crippen LogP contribution in [0.15, 0.2) is 12.1 Å². The first kappa shape index (κ1) is 14.2. The summed E-state index contributed by atoms with van der Waals surface area (Å²) in [6.07, 6.45) is 0. The van der Waals surface area contributed by atoms with Gasteiger partial charge in [0.2, 0.25) is 5.88 Å². The fourth-order valence-corrected chi connectivity index (χ4v) is 1.27. The van der Waals surface area contributed by atoms with Crippen LogP contribution in [-0.2, 0) is 0 Å². The van der Waals surface area contributed by atoms with Crippen molar-refractivity contribution in [3.63, 3.8) is 0 Å². The smallest absolute Gasteiger partial charge is 0.331 e. The van der Waals surface area contributed by atoms with E-state index in [0.717, 1.165) is 0 Å². The minimum Gasteiger partial charge on any atom is -0.481 e. The summed E-state index contributed by atoms with van der Waals surface area (Å²) < 4.78 is 10.2. The molecular formula is C11H17N3O4. The van der Waals surface area contributed by atoms with Gasteiger partial charge in [-0.05, 0) is 0 Å². The van der Waals surface area contributed by atoms with Crippen LogP contribution < -0.4 is 14.8 Å². The van der Waals surface area contributed by atoms with E-state index in [1.807, 2.05) is 13.8 Å². The first-order valence-corrected chi connectivity index (χ1v) is 5.60. The first-order chi connectivity index (χ1) is 8.54. The van der Waals surface area contributed by atoms with E-state index in [4.69, 9.17) is 9.47 Å². The van der Waals surface area contributed by atoms with Crippen LogP contribution in [0.4, 0.5) is 5.69 Å². The number of pyridine rings is 1. The van der Waals surface area contributed by atoms with Crippen LogP contribution in [0.5, 0.6) is 11.8 Å². The number of rotatable bonds is 7. The average Bonchev–Trinajstić information content (AvgIpc) is 2.33. The zero-order valence-electron chi connectivity index (χ0n) is 10.7. The van der Waals surface area contributed by atoms with Crippen LogP contribution >= 0.6 is 0 Å². The second-order valence-electron chi connectivity index (χ2n) is 3.89. The summed E-state index contributed by atoms with van der Waals surface area (Å²) in [6.45, 7) is 4.91. The monoisotopic (exact) mass is 255 g/mol. The highest BCUT2D eigenvalue weighted by molar-refractivity contribution is 5.42. The van der Waals surface area contributed by atoms with Gasteiger partial charge in [0, 0.05) is 24.7 Å². The van der Waals surface area contributed by atoms with Crippen molar-refractivity contribution in [3.05, 3.63) is 22.2 Å². The van der Waals surface area contributed by atoms with Crippen molar-refractivity contribution in [1.82, 2.24) is 10.3 Å². The predicted molar refractivity (Wildman–Crippen MR) is 66.1 cm³/mol. The Morgan fingerprint density at radius 3 is 2.78 bits per heavy atom. The minimum absolute atomic E-state index is 0.0232. The van der Waals surface area contributed by atoms with Crippen LogP contribution in [0.3, 0.4) is 0 Å². The molecule has 0 atom stereocenters. The highest BCUT2D eigenvalue weighted by atomic mass is 16.6. The Hall–Kier alpha value is -1.89. The van der Waals surface area contributed by atoms with Gasteiger partial charge in [0.25, 0.3) is 5.88 Å². The van der Waals surface area contributed by atoms with E-state index < -0.39 is 4.92 Å². The van der Waals surface area contributed by atoms with Crippen LogP contribution in [0.25, 0.3) is 0 Å². The summed E-state index contributed by atoms with van der Waals surface area (Å²) in [5, 5.41) is 13.9. The molecular weight excluding hydrogens is 238 g/mol. The highest BCUT2D eigenvalue weighted by Gasteiger charge is 2.17. The van der Waals surface area contributed by atoms with Crippen molar-refractivity contribution in [2.24, 2.45) is 0 Å². The molecule has 7 heteroatoms. The quantitative estimate of drug-likeness (QED) is 0.450. The third kappa shape index (κ3) is 4.17. The van der Waals surface area contributed by atoms with Gasteiger partial charge in [-0.3, -0.25) is 10.1 Å². The molecule has 0 spiro atoms. The molecule has 1 N–H and O–H groups in total. The molecule has 0 aliphatic heterocycles. The molecule has 100 valence electrons. The van der Waals surface area contributed by atoms with E-state index in [1.54, 1.807) is 0 Å². The maximum atomic E-state index is 10.8. The van der Waals surface area contributed by atoms with Crippen LogP contribution in [-0.4, -0.2) is 36.2 Å². The molecule has 18 heavy (non-hydrogen) atoms. The number of hydrogen-bond acceptors (Lipinski definition) is 6. The van der Waals surface area contributed by atoms with Crippen LogP contribution in [0, 0.1) is 10.1 Å². The summed E-state index contributed by atoms with van der Waals surface area (Å²) in [7, 11) is 1.44. The number of nitrogens with one attached hydrogen (secondary N) is 1. The molecule has 7 nitrogen and oxygen atoms in total. The molecule has 1 rings (SSSR count). The molecule has 1 heterocycles. The summed E-state index contributed by atoms with van der Waals surface area (Å²) >= 11 is 0. The van der Waals surface area contributed by atoms with Crippen molar-refractivity contribution in [3.8, 4) is 11.8 Å². The van der Waals surface area contributed by atoms with Gasteiger partial charge in [0.1, 0.15) is 6.61 Å². The maximum Gasteiger partial charge on any atom is 0.331 e. The number of nitrogens with zero attached hydrogens (tertiary/aromatic N) is 2. The second-order valence-corrected chi connectivity index (χ2v) is 3.89. The van der Waals surface area contributed by atoms with Gasteiger partial charge in [-0.2, -0.15) is 4.98 Å². The maximum absolute atomic E-state index is 10.8. The lowest BCUT2D eigenvalue weighted by Crippen LogP contribution is -2.27. The van der Waals surface area contributed by atoms with Crippen LogP contribution in [0.2, 0.25) is 0 Å². The summed E-state index contributed by atoms with van der Waals surface area (Å²) in [6, 6.07) is 3.08. The van der Waals surface area contributed by atoms with Crippen molar-refractivity contribution in [2.75, 3.05) is 20.3 Å². The third-order valence-corrected chi connectivity index (χ3v) is 2.11. The molecule has 0 unspecified atom stereocenters. The first-order valence-electron chi connectivity index (χ1n) is 5.60. The molecule has 0 saturated heterocycles. The highest BCUT2D eigenvalue weighted by Crippen LogP contribution is 2.26. The summed E-state index contributed by atoms with van der Waals surface area (Å²) in [5.74, 6) is 0.261. The van der Waals surface area contributed by atoms with Crippen molar-refractivity contribution in [1.29, 1.82) is 0 Å². The summed E-state index contributed by atoms with van der Waals surface area (Å²) in [5.41, 5.74) is -0.166. The fourth-order valence-electron chi connectivity index (χ4n) is 1.27. The standard InChI is InChI=1S/C11H17N3O4/c1-8(2)12-6-7-18-11-9(14(15)16)4-5-10(13-11)17-3/h4-5,8,12H,6-7H2,1-3H3. The van der Waals surface area contributed by atoms with E-state index in [1.165, 1.54) is 19.2 Å². The van der Waals surface area contributed by atoms with Gasteiger partial charge >= 0.3 is 5.69 Å². The lowest BCUT2D eigenvalue weighted by Gasteiger charge is -2.09. The van der Waals surface area contributed by atoms with Crippen molar-refractivity contribution < 1.29 is 14.4 Å². The SMILES string of the molecule is COc1ccc([N+](=O)[O-])c(OCCNC(C)C)n1. The van der Waals surface area contributed by atoms with Gasteiger partial charge in [-0.15, -0.1) is 0 Å². The minimum atomic E-state index is -0.530. The van der Waals surface area contributed by atoms with Gasteiger partial charge in [-0.25, -0.2) is 0 Å². The Kier molecular flexibility index (Phi) is 5.31. The van der Waals surface area contributed by atoms with E-state index in [9.17, 15) is 10.1 Å². The molecule has 1 aromatic rings. The number of aromatic nitrogens is 1. The molecule has 0 radical (unpaired) electrons. The van der Waals surface area contributed by atoms with E-state index >= 15 is 0 Å². The predicted octanol–water partition coefficient (Wildman–Crippen LogP) is 1.38. The zero-order valence-corrected chi connectivity index (χ0v) is 10.7. The van der Waals surface area contributed by atoms with Gasteiger partial charge in [0.05, 0.1) is 12.0 Å². The Bertz CT molecular complexity index is 409. The summed E-state index contributed by atoms with van der Waals surface area (Å²) in [4.78, 5) is 14.2. The average molecular weight is 255 g/mol. The molecule has 0 bridgehead atoms. The van der Waals surface area contributed by atoms with Gasteiger partial charge in [-0.1, -0.05) is 13.8 Å². The molecule has 0 aliphatic rings. The van der Waals surface area contributed by atoms with Gasteiger partial charge < -0.3 is 14.8 Å². The largest absolute Gasteiger partial charge is 0.481 e. The van der Waals surface area contributed by atoms with Gasteiger partial charge in [0.15, 0.2) is 0 Å². The molecule has 0 saturated carbocycles. The third-order valence-electron chi connectivity index (χ3n) is 2.11. The lowest BCUT2D eigenvalue weighted by molar-refractivity contribution is -0.386. The van der Waals surface area contributed by atoms with Crippen molar-refractivity contribution in [2.45, 2.75) is 19.9 Å². The van der Waals surface area contributed by atoms with E-state index in [-0.39, 0.29) is 17.4 Å². The Balaban J connectivity index is 2.69. The fraction of sp³-hybridized carbons (Fsp3) is 0.545. The number of methoxy groups -OCH3 is 1. The molecule has 0 fully saturated rings. The number of hydrogen-bond donors (Lipinski definition) is 1. The second kappa shape index (κ2) is 6.75. The zero-order chi connectivity index (χ0) is 13.5. The lowest BCUT2D eigenvalue weighted by atomic mass is 10.4. The van der Waals surface area contributed by atoms with Crippen LogP contribution in [0.1, 0.15) is 13.8 Å². The molecule has 0 amide bonds. The Morgan fingerprint density at radius 2 is 2.22 bits per heavy atom.